The van der Waals surface area contributed by atoms with Crippen molar-refractivity contribution in [2.45, 2.75) is 73.8 Å². The van der Waals surface area contributed by atoms with Gasteiger partial charge in [0.25, 0.3) is 0 Å². The molecule has 0 saturated heterocycles. The number of rotatable bonds is 6. The zero-order valence-electron chi connectivity index (χ0n) is 16.2. The van der Waals surface area contributed by atoms with Crippen LogP contribution in [0.2, 0.25) is 0 Å². The second kappa shape index (κ2) is 7.12. The van der Waals surface area contributed by atoms with E-state index in [-0.39, 0.29) is 17.1 Å². The number of fused-ring (bicyclic) bond motifs is 1. The summed E-state index contributed by atoms with van der Waals surface area (Å²) in [6.07, 6.45) is 2.86. The summed E-state index contributed by atoms with van der Waals surface area (Å²) >= 11 is 0. The van der Waals surface area contributed by atoms with Crippen LogP contribution in [0.25, 0.3) is 0 Å². The molecule has 1 heterocycles. The highest BCUT2D eigenvalue weighted by atomic mass is 16.2. The molecule has 0 atom stereocenters. The van der Waals surface area contributed by atoms with Crippen LogP contribution in [0.3, 0.4) is 0 Å². The number of ketones is 1. The van der Waals surface area contributed by atoms with Crippen molar-refractivity contribution >= 4 is 11.7 Å². The molecule has 4 heteroatoms. The first-order chi connectivity index (χ1) is 11.3. The van der Waals surface area contributed by atoms with Crippen LogP contribution in [0.5, 0.6) is 0 Å². The molecule has 0 aromatic carbocycles. The fraction of sp³-hybridized carbons (Fsp3) is 0.700. The Morgan fingerprint density at radius 2 is 1.79 bits per heavy atom. The van der Waals surface area contributed by atoms with Gasteiger partial charge in [-0.1, -0.05) is 20.8 Å². The third-order valence-electron chi connectivity index (χ3n) is 5.21. The van der Waals surface area contributed by atoms with Gasteiger partial charge in [-0.3, -0.25) is 9.59 Å². The van der Waals surface area contributed by atoms with Crippen LogP contribution >= 0.6 is 0 Å². The van der Waals surface area contributed by atoms with Gasteiger partial charge in [-0.15, -0.1) is 0 Å². The van der Waals surface area contributed by atoms with Crippen LogP contribution in [0.15, 0.2) is 0 Å². The van der Waals surface area contributed by atoms with E-state index in [9.17, 15) is 9.59 Å². The summed E-state index contributed by atoms with van der Waals surface area (Å²) in [6.45, 7) is 14.9. The largest absolute Gasteiger partial charge is 0.348 e. The molecule has 1 aromatic heterocycles. The maximum atomic E-state index is 12.8. The van der Waals surface area contributed by atoms with E-state index in [1.54, 1.807) is 0 Å². The third kappa shape index (κ3) is 3.42. The molecule has 0 unspecified atom stereocenters. The molecule has 24 heavy (non-hydrogen) atoms. The van der Waals surface area contributed by atoms with E-state index < -0.39 is 0 Å². The molecule has 1 aliphatic carbocycles. The minimum Gasteiger partial charge on any atom is -0.348 e. The van der Waals surface area contributed by atoms with Gasteiger partial charge in [0.2, 0.25) is 5.91 Å². The number of likely N-dealkylation sites (N-methyl/N-ethyl adjacent to an activating group) is 1. The Balaban J connectivity index is 2.50. The highest BCUT2D eigenvalue weighted by molar-refractivity contribution is 6.01. The highest BCUT2D eigenvalue weighted by Crippen LogP contribution is 2.39. The zero-order chi connectivity index (χ0) is 18.1. The van der Waals surface area contributed by atoms with Crippen LogP contribution in [-0.4, -0.2) is 34.2 Å². The van der Waals surface area contributed by atoms with Gasteiger partial charge in [0.05, 0.1) is 6.42 Å². The van der Waals surface area contributed by atoms with Gasteiger partial charge < -0.3 is 9.47 Å². The summed E-state index contributed by atoms with van der Waals surface area (Å²) < 4.78 is 2.29. The van der Waals surface area contributed by atoms with Crippen molar-refractivity contribution < 1.29 is 9.59 Å². The van der Waals surface area contributed by atoms with Crippen molar-refractivity contribution in [3.05, 3.63) is 22.5 Å². The molecule has 134 valence electrons. The summed E-state index contributed by atoms with van der Waals surface area (Å²) in [7, 11) is 0. The Morgan fingerprint density at radius 1 is 1.17 bits per heavy atom. The number of hydrogen-bond acceptors (Lipinski definition) is 2. The molecule has 0 saturated carbocycles. The Labute approximate surface area is 146 Å². The zero-order valence-corrected chi connectivity index (χ0v) is 16.2. The average Bonchev–Trinajstić information content (AvgIpc) is 2.73. The van der Waals surface area contributed by atoms with Crippen molar-refractivity contribution in [3.63, 3.8) is 0 Å². The summed E-state index contributed by atoms with van der Waals surface area (Å²) in [5.41, 5.74) is 4.07. The molecule has 0 fully saturated rings. The minimum atomic E-state index is 0.000515. The quantitative estimate of drug-likeness (QED) is 0.796. The minimum absolute atomic E-state index is 0.000515. The van der Waals surface area contributed by atoms with Gasteiger partial charge in [-0.25, -0.2) is 0 Å². The Kier molecular flexibility index (Phi) is 5.56. The number of hydrogen-bond donors (Lipinski definition) is 0. The first-order valence-electron chi connectivity index (χ1n) is 9.27. The lowest BCUT2D eigenvalue weighted by Gasteiger charge is -2.30. The maximum absolute atomic E-state index is 12.8. The lowest BCUT2D eigenvalue weighted by Crippen LogP contribution is -2.33. The number of amides is 1. The monoisotopic (exact) mass is 332 g/mol. The molecule has 0 radical (unpaired) electrons. The number of nitrogens with zero attached hydrogens (tertiary/aromatic N) is 2. The van der Waals surface area contributed by atoms with Crippen LogP contribution < -0.4 is 0 Å². The highest BCUT2D eigenvalue weighted by Gasteiger charge is 2.37. The van der Waals surface area contributed by atoms with Crippen LogP contribution in [0, 0.1) is 12.3 Å². The lowest BCUT2D eigenvalue weighted by atomic mass is 9.75. The van der Waals surface area contributed by atoms with Gasteiger partial charge in [-0.05, 0) is 44.6 Å². The molecule has 0 spiro atoms. The second-order valence-corrected chi connectivity index (χ2v) is 7.72. The Bertz CT molecular complexity index is 637. The first-order valence-corrected chi connectivity index (χ1v) is 9.27. The van der Waals surface area contributed by atoms with Crippen LogP contribution in [-0.2, 0) is 24.2 Å². The van der Waals surface area contributed by atoms with E-state index in [0.717, 1.165) is 41.9 Å². The predicted molar refractivity (Wildman–Crippen MR) is 97.5 cm³/mol. The van der Waals surface area contributed by atoms with Crippen molar-refractivity contribution in [2.75, 3.05) is 13.1 Å². The molecule has 1 amide bonds. The van der Waals surface area contributed by atoms with Crippen molar-refractivity contribution in [1.82, 2.24) is 9.47 Å². The van der Waals surface area contributed by atoms with Gasteiger partial charge in [0.15, 0.2) is 5.78 Å². The van der Waals surface area contributed by atoms with Gasteiger partial charge in [0.1, 0.15) is 0 Å². The van der Waals surface area contributed by atoms with Crippen molar-refractivity contribution in [2.24, 2.45) is 5.41 Å². The van der Waals surface area contributed by atoms with E-state index >= 15 is 0 Å². The second-order valence-electron chi connectivity index (χ2n) is 7.72. The average molecular weight is 332 g/mol. The lowest BCUT2D eigenvalue weighted by molar-refractivity contribution is -0.130. The van der Waals surface area contributed by atoms with E-state index in [0.29, 0.717) is 25.9 Å². The maximum Gasteiger partial charge on any atom is 0.227 e. The van der Waals surface area contributed by atoms with Crippen LogP contribution in [0.1, 0.15) is 74.8 Å². The van der Waals surface area contributed by atoms with E-state index in [1.807, 2.05) is 18.7 Å². The summed E-state index contributed by atoms with van der Waals surface area (Å²) in [5.74, 6) is 0.332. The van der Waals surface area contributed by atoms with Gasteiger partial charge >= 0.3 is 0 Å². The topological polar surface area (TPSA) is 42.3 Å². The van der Waals surface area contributed by atoms with Crippen LogP contribution in [0.4, 0.5) is 0 Å². The molecule has 0 N–H and O–H groups in total. The van der Waals surface area contributed by atoms with Crippen molar-refractivity contribution in [1.29, 1.82) is 0 Å². The molecule has 1 aliphatic rings. The molecular formula is C20H32N2O2. The third-order valence-corrected chi connectivity index (χ3v) is 5.21. The number of carbonyl (C=O) groups excluding carboxylic acids is 2. The summed E-state index contributed by atoms with van der Waals surface area (Å²) in [4.78, 5) is 27.3. The van der Waals surface area contributed by atoms with Gasteiger partial charge in [-0.2, -0.15) is 0 Å². The normalized spacial score (nSPS) is 16.2. The van der Waals surface area contributed by atoms with E-state index in [1.165, 1.54) is 0 Å². The summed E-state index contributed by atoms with van der Waals surface area (Å²) in [5, 5.41) is 0. The molecule has 0 bridgehead atoms. The van der Waals surface area contributed by atoms with Crippen molar-refractivity contribution in [3.8, 4) is 0 Å². The molecular weight excluding hydrogens is 300 g/mol. The number of aromatic nitrogens is 1. The SMILES string of the molecule is CCCn1c(C)c(CC(=O)N(CC)CC)c2c1CC(C)(C)CC2=O. The fourth-order valence-electron chi connectivity index (χ4n) is 3.99. The standard InChI is InChI=1S/C20H32N2O2/c1-7-10-22-14(4)15(11-18(24)21(8-2)9-3)19-16(22)12-20(5,6)13-17(19)23/h7-13H2,1-6H3. The molecule has 4 nitrogen and oxygen atoms in total. The predicted octanol–water partition coefficient (Wildman–Crippen LogP) is 3.77. The Morgan fingerprint density at radius 3 is 2.33 bits per heavy atom. The summed E-state index contributed by atoms with van der Waals surface area (Å²) in [6, 6.07) is 0. The number of Topliss-reactive ketones (excluding diaryl/α,β-unsaturated/α-hetero) is 1. The molecule has 0 aliphatic heterocycles. The molecule has 2 rings (SSSR count). The van der Waals surface area contributed by atoms with E-state index in [2.05, 4.69) is 32.3 Å². The fourth-order valence-corrected chi connectivity index (χ4v) is 3.99. The molecule has 1 aromatic rings. The van der Waals surface area contributed by atoms with E-state index in [4.69, 9.17) is 0 Å². The number of carbonyl (C=O) groups is 2. The smallest absolute Gasteiger partial charge is 0.227 e. The van der Waals surface area contributed by atoms with Gasteiger partial charge in [0, 0.05) is 43.0 Å². The first kappa shape index (κ1) is 18.8. The Hall–Kier alpha value is -1.58.